The predicted octanol–water partition coefficient (Wildman–Crippen LogP) is 2.05. The van der Waals surface area contributed by atoms with Crippen LogP contribution in [0.4, 0.5) is 0 Å². The molecule has 2 aromatic heterocycles. The van der Waals surface area contributed by atoms with Crippen LogP contribution in [0.2, 0.25) is 0 Å². The highest BCUT2D eigenvalue weighted by atomic mass is 16.5. The molecule has 2 aromatic rings. The lowest BCUT2D eigenvalue weighted by molar-refractivity contribution is 0.0933. The Bertz CT molecular complexity index is 600. The van der Waals surface area contributed by atoms with Crippen LogP contribution >= 0.6 is 0 Å². The fourth-order valence-electron chi connectivity index (χ4n) is 2.02. The number of aryl methyl sites for hydroxylation is 3. The molecule has 0 saturated heterocycles. The molecule has 2 rings (SSSR count). The van der Waals surface area contributed by atoms with Crippen molar-refractivity contribution in [3.05, 3.63) is 40.7 Å². The summed E-state index contributed by atoms with van der Waals surface area (Å²) >= 11 is 0. The molecule has 1 amide bonds. The van der Waals surface area contributed by atoms with Crippen molar-refractivity contribution in [1.29, 1.82) is 0 Å². The Kier molecular flexibility index (Phi) is 4.24. The van der Waals surface area contributed by atoms with E-state index in [1.165, 1.54) is 0 Å². The molecular formula is C14H18N2O4. The monoisotopic (exact) mass is 278 g/mol. The van der Waals surface area contributed by atoms with Crippen LogP contribution < -0.4 is 5.32 Å². The highest BCUT2D eigenvalue weighted by Crippen LogP contribution is 2.23. The molecule has 2 N–H and O–H groups in total. The summed E-state index contributed by atoms with van der Waals surface area (Å²) in [6.45, 7) is 5.70. The lowest BCUT2D eigenvalue weighted by Gasteiger charge is -2.09. The molecule has 6 nitrogen and oxygen atoms in total. The van der Waals surface area contributed by atoms with Gasteiger partial charge in [0.25, 0.3) is 5.91 Å². The molecule has 0 radical (unpaired) electrons. The van der Waals surface area contributed by atoms with Crippen molar-refractivity contribution < 1.29 is 18.8 Å². The highest BCUT2D eigenvalue weighted by molar-refractivity contribution is 5.92. The SMILES string of the molecule is Cc1cc(C(=O)NCC[C@@H](O)c2cc(C)oc2C)no1. The van der Waals surface area contributed by atoms with Gasteiger partial charge in [-0.15, -0.1) is 0 Å². The van der Waals surface area contributed by atoms with E-state index in [4.69, 9.17) is 8.94 Å². The van der Waals surface area contributed by atoms with Gasteiger partial charge in [-0.05, 0) is 33.3 Å². The minimum absolute atomic E-state index is 0.243. The fourth-order valence-corrected chi connectivity index (χ4v) is 2.02. The summed E-state index contributed by atoms with van der Waals surface area (Å²) in [6, 6.07) is 3.37. The van der Waals surface area contributed by atoms with Gasteiger partial charge in [-0.3, -0.25) is 4.79 Å². The van der Waals surface area contributed by atoms with Crippen molar-refractivity contribution in [3.8, 4) is 0 Å². The van der Waals surface area contributed by atoms with Crippen molar-refractivity contribution in [2.75, 3.05) is 6.54 Å². The molecule has 0 aromatic carbocycles. The average Bonchev–Trinajstić information content (AvgIpc) is 2.95. The molecule has 0 spiro atoms. The second-order valence-corrected chi connectivity index (χ2v) is 4.75. The third-order valence-corrected chi connectivity index (χ3v) is 3.00. The number of carbonyl (C=O) groups is 1. The summed E-state index contributed by atoms with van der Waals surface area (Å²) in [5.41, 5.74) is 1.00. The molecule has 0 unspecified atom stereocenters. The van der Waals surface area contributed by atoms with Crippen LogP contribution in [0.25, 0.3) is 0 Å². The number of nitrogens with one attached hydrogen (secondary N) is 1. The number of amides is 1. The molecular weight excluding hydrogens is 260 g/mol. The molecule has 0 fully saturated rings. The van der Waals surface area contributed by atoms with E-state index in [1.54, 1.807) is 13.0 Å². The predicted molar refractivity (Wildman–Crippen MR) is 71.3 cm³/mol. The Labute approximate surface area is 116 Å². The van der Waals surface area contributed by atoms with Crippen molar-refractivity contribution in [1.82, 2.24) is 10.5 Å². The van der Waals surface area contributed by atoms with Crippen LogP contribution in [0.15, 0.2) is 21.1 Å². The third kappa shape index (κ3) is 3.27. The third-order valence-electron chi connectivity index (χ3n) is 3.00. The number of carbonyl (C=O) groups excluding carboxylic acids is 1. The van der Waals surface area contributed by atoms with Gasteiger partial charge in [-0.1, -0.05) is 5.16 Å². The minimum Gasteiger partial charge on any atom is -0.466 e. The number of hydrogen-bond donors (Lipinski definition) is 2. The summed E-state index contributed by atoms with van der Waals surface area (Å²) in [5.74, 6) is 1.74. The number of furan rings is 1. The van der Waals surface area contributed by atoms with Crippen LogP contribution in [0.3, 0.4) is 0 Å². The maximum absolute atomic E-state index is 11.7. The number of rotatable bonds is 5. The number of hydrogen-bond acceptors (Lipinski definition) is 5. The largest absolute Gasteiger partial charge is 0.466 e. The lowest BCUT2D eigenvalue weighted by Crippen LogP contribution is -2.25. The summed E-state index contributed by atoms with van der Waals surface area (Å²) in [6.07, 6.45) is -0.255. The first-order valence-corrected chi connectivity index (χ1v) is 6.44. The number of nitrogens with zero attached hydrogens (tertiary/aromatic N) is 1. The molecule has 0 aliphatic rings. The van der Waals surface area contributed by atoms with E-state index < -0.39 is 6.10 Å². The Morgan fingerprint density at radius 2 is 2.10 bits per heavy atom. The summed E-state index contributed by atoms with van der Waals surface area (Å²) in [5, 5.41) is 16.4. The first-order valence-electron chi connectivity index (χ1n) is 6.44. The first-order chi connectivity index (χ1) is 9.47. The number of aliphatic hydroxyl groups is 1. The van der Waals surface area contributed by atoms with E-state index in [0.717, 1.165) is 11.3 Å². The van der Waals surface area contributed by atoms with Crippen LogP contribution in [0.1, 0.15) is 45.9 Å². The van der Waals surface area contributed by atoms with E-state index >= 15 is 0 Å². The van der Waals surface area contributed by atoms with Gasteiger partial charge in [-0.25, -0.2) is 0 Å². The van der Waals surface area contributed by atoms with Crippen molar-refractivity contribution in [3.63, 3.8) is 0 Å². The van der Waals surface area contributed by atoms with Gasteiger partial charge in [0.05, 0.1) is 6.10 Å². The minimum atomic E-state index is -0.660. The van der Waals surface area contributed by atoms with E-state index in [0.29, 0.717) is 24.5 Å². The van der Waals surface area contributed by atoms with Crippen LogP contribution in [-0.4, -0.2) is 22.7 Å². The zero-order valence-corrected chi connectivity index (χ0v) is 11.8. The zero-order chi connectivity index (χ0) is 14.7. The lowest BCUT2D eigenvalue weighted by atomic mass is 10.1. The molecule has 1 atom stereocenters. The van der Waals surface area contributed by atoms with Crippen molar-refractivity contribution in [2.24, 2.45) is 0 Å². The van der Waals surface area contributed by atoms with Gasteiger partial charge < -0.3 is 19.4 Å². The molecule has 0 saturated carbocycles. The van der Waals surface area contributed by atoms with Gasteiger partial charge in [-0.2, -0.15) is 0 Å². The molecule has 20 heavy (non-hydrogen) atoms. The second-order valence-electron chi connectivity index (χ2n) is 4.75. The van der Waals surface area contributed by atoms with E-state index in [2.05, 4.69) is 10.5 Å². The maximum Gasteiger partial charge on any atom is 0.273 e. The zero-order valence-electron chi connectivity index (χ0n) is 11.8. The van der Waals surface area contributed by atoms with Gasteiger partial charge in [0.1, 0.15) is 17.3 Å². The standard InChI is InChI=1S/C14H18N2O4/c1-8-6-11(10(3)19-8)13(17)4-5-15-14(18)12-7-9(2)20-16-12/h6-7,13,17H,4-5H2,1-3H3,(H,15,18)/t13-/m1/s1. The Morgan fingerprint density at radius 3 is 2.65 bits per heavy atom. The summed E-state index contributed by atoms with van der Waals surface area (Å²) in [4.78, 5) is 11.7. The number of aliphatic hydroxyl groups excluding tert-OH is 1. The van der Waals surface area contributed by atoms with Gasteiger partial charge in [0.2, 0.25) is 0 Å². The first kappa shape index (κ1) is 14.3. The van der Waals surface area contributed by atoms with Gasteiger partial charge in [0.15, 0.2) is 5.69 Å². The summed E-state index contributed by atoms with van der Waals surface area (Å²) in [7, 11) is 0. The molecule has 6 heteroatoms. The van der Waals surface area contributed by atoms with Crippen LogP contribution in [-0.2, 0) is 0 Å². The van der Waals surface area contributed by atoms with Crippen LogP contribution in [0, 0.1) is 20.8 Å². The van der Waals surface area contributed by atoms with Gasteiger partial charge >= 0.3 is 0 Å². The average molecular weight is 278 g/mol. The second kappa shape index (κ2) is 5.92. The Hall–Kier alpha value is -2.08. The van der Waals surface area contributed by atoms with Gasteiger partial charge in [0, 0.05) is 18.2 Å². The van der Waals surface area contributed by atoms with E-state index in [-0.39, 0.29) is 11.6 Å². The molecule has 108 valence electrons. The molecule has 0 aliphatic carbocycles. The van der Waals surface area contributed by atoms with Crippen molar-refractivity contribution in [2.45, 2.75) is 33.3 Å². The fraction of sp³-hybridized carbons (Fsp3) is 0.429. The van der Waals surface area contributed by atoms with Crippen molar-refractivity contribution >= 4 is 5.91 Å². The maximum atomic E-state index is 11.7. The van der Waals surface area contributed by atoms with E-state index in [1.807, 2.05) is 19.9 Å². The topological polar surface area (TPSA) is 88.5 Å². The summed E-state index contributed by atoms with van der Waals surface area (Å²) < 4.78 is 10.2. The Balaban J connectivity index is 1.84. The molecule has 2 heterocycles. The normalized spacial score (nSPS) is 12.4. The number of aromatic nitrogens is 1. The highest BCUT2D eigenvalue weighted by Gasteiger charge is 2.15. The quantitative estimate of drug-likeness (QED) is 0.873. The van der Waals surface area contributed by atoms with Crippen LogP contribution in [0.5, 0.6) is 0 Å². The molecule has 0 bridgehead atoms. The Morgan fingerprint density at radius 1 is 1.35 bits per heavy atom. The van der Waals surface area contributed by atoms with E-state index in [9.17, 15) is 9.90 Å². The smallest absolute Gasteiger partial charge is 0.273 e. The molecule has 0 aliphatic heterocycles.